The average molecular weight is 294 g/mol. The van der Waals surface area contributed by atoms with Crippen LogP contribution in [0.1, 0.15) is 26.2 Å². The molecule has 0 aromatic carbocycles. The van der Waals surface area contributed by atoms with Crippen LogP contribution >= 0.6 is 0 Å². The second kappa shape index (κ2) is 13.0. The minimum atomic E-state index is -2.00. The van der Waals surface area contributed by atoms with E-state index in [4.69, 9.17) is 23.4 Å². The molecule has 0 radical (unpaired) electrons. The van der Waals surface area contributed by atoms with Crippen molar-refractivity contribution in [2.24, 2.45) is 0 Å². The Morgan fingerprint density at radius 1 is 0.789 bits per heavy atom. The number of rotatable bonds is 14. The Hall–Kier alpha value is 0.0169. The maximum absolute atomic E-state index is 8.55. The third-order valence-electron chi connectivity index (χ3n) is 2.35. The van der Waals surface area contributed by atoms with Crippen molar-refractivity contribution in [3.05, 3.63) is 0 Å². The summed E-state index contributed by atoms with van der Waals surface area (Å²) in [6.07, 6.45) is 2.81. The van der Waals surface area contributed by atoms with E-state index in [1.54, 1.807) is 0 Å². The van der Waals surface area contributed by atoms with Crippen molar-refractivity contribution in [3.8, 4) is 0 Å². The van der Waals surface area contributed by atoms with Gasteiger partial charge in [-0.2, -0.15) is 0 Å². The highest BCUT2D eigenvalue weighted by molar-refractivity contribution is 6.64. The highest BCUT2D eigenvalue weighted by Crippen LogP contribution is 2.07. The Balaban J connectivity index is 3.36. The lowest BCUT2D eigenvalue weighted by Gasteiger charge is -2.22. The maximum Gasteiger partial charge on any atom is 0.331 e. The van der Waals surface area contributed by atoms with Crippen LogP contribution < -0.4 is 0 Å². The fraction of sp³-hybridized carbons (Fsp3) is 1.00. The van der Waals surface area contributed by atoms with Gasteiger partial charge in [-0.1, -0.05) is 6.92 Å². The van der Waals surface area contributed by atoms with Crippen LogP contribution in [-0.2, 0) is 18.3 Å². The van der Waals surface area contributed by atoms with Crippen molar-refractivity contribution in [1.82, 2.24) is 0 Å². The molecule has 116 valence electrons. The van der Waals surface area contributed by atoms with Crippen molar-refractivity contribution < 1.29 is 23.4 Å². The molecule has 0 saturated heterocycles. The Labute approximate surface area is 118 Å². The lowest BCUT2D eigenvalue weighted by molar-refractivity contribution is 0.0766. The molecule has 0 fully saturated rings. The summed E-state index contributed by atoms with van der Waals surface area (Å²) in [4.78, 5) is 0. The van der Waals surface area contributed by atoms with Crippen molar-refractivity contribution >= 4 is 8.56 Å². The van der Waals surface area contributed by atoms with Gasteiger partial charge in [-0.3, -0.25) is 0 Å². The predicted molar refractivity (Wildman–Crippen MR) is 77.6 cm³/mol. The molecule has 1 N–H and O–H groups in total. The van der Waals surface area contributed by atoms with Gasteiger partial charge in [0.1, 0.15) is 0 Å². The molecule has 0 rings (SSSR count). The van der Waals surface area contributed by atoms with Crippen LogP contribution in [0.5, 0.6) is 0 Å². The van der Waals surface area contributed by atoms with Crippen molar-refractivity contribution in [3.63, 3.8) is 0 Å². The van der Waals surface area contributed by atoms with Gasteiger partial charge < -0.3 is 23.4 Å². The Kier molecular flexibility index (Phi) is 13.0. The van der Waals surface area contributed by atoms with Crippen molar-refractivity contribution in [2.45, 2.75) is 39.3 Å². The summed E-state index contributed by atoms with van der Waals surface area (Å²) in [5.41, 5.74) is 0. The standard InChI is InChI=1S/C13H30O5Si/c1-4-8-15-9-5-11-17-19(2,3)18-12-6-10-16-13-7-14/h14H,4-13H2,1-3H3. The summed E-state index contributed by atoms with van der Waals surface area (Å²) in [6, 6.07) is 0. The van der Waals surface area contributed by atoms with E-state index in [9.17, 15) is 0 Å². The van der Waals surface area contributed by atoms with E-state index in [0.29, 0.717) is 26.4 Å². The van der Waals surface area contributed by atoms with Crippen LogP contribution in [0.3, 0.4) is 0 Å². The van der Waals surface area contributed by atoms with Gasteiger partial charge in [0.05, 0.1) is 13.2 Å². The molecule has 0 aliphatic heterocycles. The molecule has 0 aliphatic carbocycles. The topological polar surface area (TPSA) is 57.2 Å². The molecule has 0 aromatic rings. The van der Waals surface area contributed by atoms with Gasteiger partial charge in [-0.15, -0.1) is 0 Å². The third kappa shape index (κ3) is 14.2. The Morgan fingerprint density at radius 2 is 1.32 bits per heavy atom. The fourth-order valence-electron chi connectivity index (χ4n) is 1.41. The molecule has 0 heterocycles. The molecule has 5 nitrogen and oxygen atoms in total. The number of ether oxygens (including phenoxy) is 2. The molecular weight excluding hydrogens is 264 g/mol. The summed E-state index contributed by atoms with van der Waals surface area (Å²) >= 11 is 0. The lowest BCUT2D eigenvalue weighted by atomic mass is 10.5. The van der Waals surface area contributed by atoms with Crippen LogP contribution in [0.2, 0.25) is 13.1 Å². The monoisotopic (exact) mass is 294 g/mol. The lowest BCUT2D eigenvalue weighted by Crippen LogP contribution is -2.36. The third-order valence-corrected chi connectivity index (χ3v) is 4.15. The first kappa shape index (κ1) is 19.0. The van der Waals surface area contributed by atoms with Crippen LogP contribution in [-0.4, -0.2) is 59.9 Å². The SMILES string of the molecule is CCCOCCCO[Si](C)(C)OCCCOCCO. The first-order chi connectivity index (χ1) is 9.12. The molecule has 0 unspecified atom stereocenters. The second-order valence-electron chi connectivity index (χ2n) is 4.75. The van der Waals surface area contributed by atoms with Gasteiger partial charge in [-0.05, 0) is 32.4 Å². The Bertz CT molecular complexity index is 172. The summed E-state index contributed by atoms with van der Waals surface area (Å²) in [5.74, 6) is 0. The largest absolute Gasteiger partial charge is 0.394 e. The highest BCUT2D eigenvalue weighted by atomic mass is 28.4. The van der Waals surface area contributed by atoms with E-state index in [2.05, 4.69) is 20.0 Å². The van der Waals surface area contributed by atoms with Gasteiger partial charge in [0.2, 0.25) is 0 Å². The van der Waals surface area contributed by atoms with Crippen LogP contribution in [0.4, 0.5) is 0 Å². The van der Waals surface area contributed by atoms with Crippen LogP contribution in [0, 0.1) is 0 Å². The summed E-state index contributed by atoms with van der Waals surface area (Å²) < 4.78 is 22.1. The van der Waals surface area contributed by atoms with Gasteiger partial charge in [0, 0.05) is 33.0 Å². The highest BCUT2D eigenvalue weighted by Gasteiger charge is 2.23. The minimum absolute atomic E-state index is 0.0737. The first-order valence-corrected chi connectivity index (χ1v) is 9.98. The van der Waals surface area contributed by atoms with Crippen LogP contribution in [0.25, 0.3) is 0 Å². The molecule has 0 bridgehead atoms. The number of hydrogen-bond acceptors (Lipinski definition) is 5. The molecule has 0 aromatic heterocycles. The summed E-state index contributed by atoms with van der Waals surface area (Å²) in [5, 5.41) is 8.55. The molecule has 0 atom stereocenters. The van der Waals surface area contributed by atoms with E-state index in [-0.39, 0.29) is 6.61 Å². The minimum Gasteiger partial charge on any atom is -0.394 e. The molecule has 0 aliphatic rings. The zero-order chi connectivity index (χ0) is 14.4. The first-order valence-electron chi connectivity index (χ1n) is 7.16. The summed E-state index contributed by atoms with van der Waals surface area (Å²) in [7, 11) is -2.00. The molecule has 0 saturated carbocycles. The van der Waals surface area contributed by atoms with Crippen molar-refractivity contribution in [2.75, 3.05) is 46.2 Å². The molecule has 0 spiro atoms. The second-order valence-corrected chi connectivity index (χ2v) is 8.13. The summed E-state index contributed by atoms with van der Waals surface area (Å²) in [6.45, 7) is 10.2. The molecule has 19 heavy (non-hydrogen) atoms. The molecule has 0 amide bonds. The van der Waals surface area contributed by atoms with E-state index < -0.39 is 8.56 Å². The number of aliphatic hydroxyl groups excluding tert-OH is 1. The zero-order valence-corrected chi connectivity index (χ0v) is 13.7. The van der Waals surface area contributed by atoms with Gasteiger partial charge in [-0.25, -0.2) is 0 Å². The molecule has 6 heteroatoms. The molecular formula is C13H30O5Si. The maximum atomic E-state index is 8.55. The van der Waals surface area contributed by atoms with Gasteiger partial charge in [0.15, 0.2) is 0 Å². The smallest absolute Gasteiger partial charge is 0.331 e. The van der Waals surface area contributed by atoms with Gasteiger partial charge >= 0.3 is 8.56 Å². The normalized spacial score (nSPS) is 12.0. The zero-order valence-electron chi connectivity index (χ0n) is 12.7. The predicted octanol–water partition coefficient (Wildman–Crippen LogP) is 1.94. The Morgan fingerprint density at radius 3 is 1.79 bits per heavy atom. The van der Waals surface area contributed by atoms with E-state index >= 15 is 0 Å². The van der Waals surface area contributed by atoms with Crippen LogP contribution in [0.15, 0.2) is 0 Å². The van der Waals surface area contributed by atoms with Gasteiger partial charge in [0.25, 0.3) is 0 Å². The fourth-order valence-corrected chi connectivity index (χ4v) is 2.77. The van der Waals surface area contributed by atoms with E-state index in [0.717, 1.165) is 32.5 Å². The van der Waals surface area contributed by atoms with E-state index in [1.807, 2.05) is 0 Å². The quantitative estimate of drug-likeness (QED) is 0.392. The number of hydrogen-bond donors (Lipinski definition) is 1. The van der Waals surface area contributed by atoms with Crippen molar-refractivity contribution in [1.29, 1.82) is 0 Å². The number of aliphatic hydroxyl groups is 1. The van der Waals surface area contributed by atoms with E-state index in [1.165, 1.54) is 0 Å². The average Bonchev–Trinajstić information content (AvgIpc) is 2.38.